The van der Waals surface area contributed by atoms with Crippen LogP contribution in [-0.4, -0.2) is 63.3 Å². The van der Waals surface area contributed by atoms with Crippen molar-refractivity contribution in [2.24, 2.45) is 5.92 Å². The lowest BCUT2D eigenvalue weighted by atomic mass is 9.50. The van der Waals surface area contributed by atoms with Crippen LogP contribution in [0.15, 0.2) is 54.3 Å². The molecule has 2 bridgehead atoms. The molecule has 0 amide bonds. The lowest BCUT2D eigenvalue weighted by molar-refractivity contribution is -0.170. The summed E-state index contributed by atoms with van der Waals surface area (Å²) in [4.78, 5) is 28.1. The molecule has 2 aliphatic heterocycles. The van der Waals surface area contributed by atoms with Gasteiger partial charge in [0.25, 0.3) is 0 Å². The lowest BCUT2D eigenvalue weighted by Crippen LogP contribution is -2.74. The number of ketones is 1. The molecule has 1 fully saturated rings. The van der Waals surface area contributed by atoms with Gasteiger partial charge in [-0.1, -0.05) is 49.4 Å². The molecule has 1 saturated heterocycles. The van der Waals surface area contributed by atoms with Gasteiger partial charge in [-0.25, -0.2) is 0 Å². The SMILES string of the molecule is C[C@H](CC(=O)[C@@H](O)c1ccccc1)C(=O)OC1=CC[C@@]2(O)[C@H]3Cc4ccc(CO)c5c4C2(CCN3C)C1O5. The van der Waals surface area contributed by atoms with Crippen molar-refractivity contribution in [2.75, 3.05) is 13.6 Å². The molecule has 2 unspecified atom stereocenters. The van der Waals surface area contributed by atoms with Crippen LogP contribution >= 0.6 is 0 Å². The lowest BCUT2D eigenvalue weighted by Gasteiger charge is -2.61. The molecule has 4 aliphatic rings. The Morgan fingerprint density at radius 2 is 1.97 bits per heavy atom. The Bertz CT molecular complexity index is 1320. The third-order valence-corrected chi connectivity index (χ3v) is 9.17. The van der Waals surface area contributed by atoms with Gasteiger partial charge in [0.15, 0.2) is 11.9 Å². The van der Waals surface area contributed by atoms with E-state index in [1.54, 1.807) is 43.3 Å². The topological polar surface area (TPSA) is 117 Å². The zero-order valence-electron chi connectivity index (χ0n) is 21.6. The molecular weight excluding hydrogens is 486 g/mol. The number of likely N-dealkylation sites (tertiary alicyclic amines) is 1. The number of rotatable bonds is 7. The minimum absolute atomic E-state index is 0.120. The number of piperidine rings is 1. The van der Waals surface area contributed by atoms with Gasteiger partial charge in [0.2, 0.25) is 0 Å². The Balaban J connectivity index is 1.28. The van der Waals surface area contributed by atoms with E-state index < -0.39 is 40.9 Å². The number of hydrogen-bond acceptors (Lipinski definition) is 8. The molecular formula is C30H33NO7. The van der Waals surface area contributed by atoms with E-state index in [-0.39, 0.29) is 19.1 Å². The van der Waals surface area contributed by atoms with Crippen molar-refractivity contribution in [3.63, 3.8) is 0 Å². The number of likely N-dealkylation sites (N-methyl/N-ethyl adjacent to an activating group) is 1. The first kappa shape index (κ1) is 25.2. The molecule has 2 aromatic carbocycles. The van der Waals surface area contributed by atoms with Crippen LogP contribution in [0.1, 0.15) is 54.5 Å². The highest BCUT2D eigenvalue weighted by Crippen LogP contribution is 2.64. The van der Waals surface area contributed by atoms with Crippen molar-refractivity contribution in [1.29, 1.82) is 0 Å². The van der Waals surface area contributed by atoms with E-state index in [1.165, 1.54) is 0 Å². The fraction of sp³-hybridized carbons (Fsp3) is 0.467. The summed E-state index contributed by atoms with van der Waals surface area (Å²) in [5, 5.41) is 32.7. The van der Waals surface area contributed by atoms with Crippen LogP contribution in [0.25, 0.3) is 0 Å². The quantitative estimate of drug-likeness (QED) is 0.478. The predicted octanol–water partition coefficient (Wildman–Crippen LogP) is 2.33. The Labute approximate surface area is 221 Å². The minimum Gasteiger partial charge on any atom is -0.481 e. The number of aliphatic hydroxyl groups excluding tert-OH is 2. The molecule has 6 rings (SSSR count). The van der Waals surface area contributed by atoms with Gasteiger partial charge < -0.3 is 29.7 Å². The van der Waals surface area contributed by atoms with Crippen LogP contribution < -0.4 is 4.74 Å². The molecule has 2 aromatic rings. The number of benzene rings is 2. The van der Waals surface area contributed by atoms with Gasteiger partial charge in [0, 0.05) is 30.0 Å². The second-order valence-electron chi connectivity index (χ2n) is 11.2. The first-order valence-electron chi connectivity index (χ1n) is 13.2. The van der Waals surface area contributed by atoms with Crippen molar-refractivity contribution in [3.05, 3.63) is 76.6 Å². The average molecular weight is 520 g/mol. The predicted molar refractivity (Wildman–Crippen MR) is 137 cm³/mol. The highest BCUT2D eigenvalue weighted by molar-refractivity contribution is 5.88. The van der Waals surface area contributed by atoms with E-state index in [2.05, 4.69) is 4.90 Å². The molecule has 8 nitrogen and oxygen atoms in total. The first-order chi connectivity index (χ1) is 18.2. The zero-order chi connectivity index (χ0) is 26.8. The highest BCUT2D eigenvalue weighted by Gasteiger charge is 2.71. The molecule has 2 aliphatic carbocycles. The van der Waals surface area contributed by atoms with E-state index in [9.17, 15) is 24.9 Å². The van der Waals surface area contributed by atoms with Crippen molar-refractivity contribution in [2.45, 2.75) is 68.5 Å². The molecule has 1 spiro atoms. The van der Waals surface area contributed by atoms with Crippen LogP contribution in [0, 0.1) is 5.92 Å². The van der Waals surface area contributed by atoms with Crippen LogP contribution in [0.3, 0.4) is 0 Å². The third kappa shape index (κ3) is 3.44. The Morgan fingerprint density at radius 1 is 1.21 bits per heavy atom. The molecule has 0 saturated carbocycles. The molecule has 8 heteroatoms. The standard InChI is InChI=1S/C30H33NO7/c1-17(14-21(33)25(34)18-6-4-3-5-7-18)28(35)37-22-10-11-30(36)23-15-19-8-9-20(16-32)26-24(19)29(30,27(22)38-26)12-13-31(23)2/h3-10,17,23,25,27,32,34,36H,11-16H2,1-2H3/t17-,23-,25+,27?,29?,30-/m1/s1. The largest absolute Gasteiger partial charge is 0.481 e. The van der Waals surface area contributed by atoms with E-state index >= 15 is 0 Å². The monoisotopic (exact) mass is 519 g/mol. The van der Waals surface area contributed by atoms with Gasteiger partial charge in [-0.05, 0) is 43.6 Å². The fourth-order valence-electron chi connectivity index (χ4n) is 7.17. The van der Waals surface area contributed by atoms with Crippen LogP contribution in [0.4, 0.5) is 0 Å². The fourth-order valence-corrected chi connectivity index (χ4v) is 7.17. The second kappa shape index (κ2) is 9.02. The van der Waals surface area contributed by atoms with E-state index in [0.29, 0.717) is 41.9 Å². The smallest absolute Gasteiger partial charge is 0.314 e. The van der Waals surface area contributed by atoms with Gasteiger partial charge in [-0.2, -0.15) is 0 Å². The van der Waals surface area contributed by atoms with Crippen molar-refractivity contribution >= 4 is 11.8 Å². The second-order valence-corrected chi connectivity index (χ2v) is 11.2. The van der Waals surface area contributed by atoms with Gasteiger partial charge >= 0.3 is 5.97 Å². The number of esters is 1. The van der Waals surface area contributed by atoms with Gasteiger partial charge in [-0.15, -0.1) is 0 Å². The van der Waals surface area contributed by atoms with Crippen LogP contribution in [0.2, 0.25) is 0 Å². The maximum atomic E-state index is 13.2. The molecule has 200 valence electrons. The Morgan fingerprint density at radius 3 is 2.71 bits per heavy atom. The molecule has 0 aromatic heterocycles. The molecule has 6 atom stereocenters. The van der Waals surface area contributed by atoms with Crippen molar-refractivity contribution < 1.29 is 34.4 Å². The highest BCUT2D eigenvalue weighted by atomic mass is 16.6. The number of Topliss-reactive ketones (excluding diaryl/α,β-unsaturated/α-hetero) is 1. The summed E-state index contributed by atoms with van der Waals surface area (Å²) in [5.74, 6) is -0.926. The normalized spacial score (nSPS) is 30.5. The Hall–Kier alpha value is -3.04. The van der Waals surface area contributed by atoms with Crippen LogP contribution in [-0.2, 0) is 32.8 Å². The number of nitrogens with zero attached hydrogens (tertiary/aromatic N) is 1. The summed E-state index contributed by atoms with van der Waals surface area (Å²) < 4.78 is 12.4. The number of ether oxygens (including phenoxy) is 2. The van der Waals surface area contributed by atoms with Crippen LogP contribution in [0.5, 0.6) is 5.75 Å². The number of hydrogen-bond donors (Lipinski definition) is 3. The summed E-state index contributed by atoms with van der Waals surface area (Å²) in [6.45, 7) is 2.15. The summed E-state index contributed by atoms with van der Waals surface area (Å²) in [5.41, 5.74) is 1.22. The molecule has 38 heavy (non-hydrogen) atoms. The van der Waals surface area contributed by atoms with E-state index in [4.69, 9.17) is 9.47 Å². The van der Waals surface area contributed by atoms with Crippen molar-refractivity contribution in [3.8, 4) is 5.75 Å². The number of carbonyl (C=O) groups excluding carboxylic acids is 2. The van der Waals surface area contributed by atoms with E-state index in [0.717, 1.165) is 17.7 Å². The summed E-state index contributed by atoms with van der Waals surface area (Å²) >= 11 is 0. The van der Waals surface area contributed by atoms with Gasteiger partial charge in [0.05, 0.1) is 23.5 Å². The maximum Gasteiger partial charge on any atom is 0.314 e. The minimum atomic E-state index is -1.31. The average Bonchev–Trinajstić information content (AvgIpc) is 3.28. The van der Waals surface area contributed by atoms with Gasteiger partial charge in [0.1, 0.15) is 17.6 Å². The summed E-state index contributed by atoms with van der Waals surface area (Å²) in [6.07, 6.45) is 1.13. The van der Waals surface area contributed by atoms with E-state index in [1.807, 2.05) is 19.2 Å². The molecule has 3 N–H and O–H groups in total. The summed E-state index contributed by atoms with van der Waals surface area (Å²) in [7, 11) is 2.02. The van der Waals surface area contributed by atoms with Gasteiger partial charge in [-0.3, -0.25) is 9.59 Å². The summed E-state index contributed by atoms with van der Waals surface area (Å²) in [6, 6.07) is 12.4. The number of carbonyl (C=O) groups is 2. The number of aliphatic hydroxyl groups is 3. The first-order valence-corrected chi connectivity index (χ1v) is 13.2. The zero-order valence-corrected chi connectivity index (χ0v) is 21.6. The molecule has 2 heterocycles. The molecule has 0 radical (unpaired) electrons. The maximum absolute atomic E-state index is 13.2. The Kier molecular flexibility index (Phi) is 5.99. The third-order valence-electron chi connectivity index (χ3n) is 9.17. The van der Waals surface area contributed by atoms with Crippen molar-refractivity contribution in [1.82, 2.24) is 4.90 Å².